The molecule has 1 saturated carbocycles. The van der Waals surface area contributed by atoms with Crippen LogP contribution in [0.25, 0.3) is 0 Å². The Morgan fingerprint density at radius 3 is 2.32 bits per heavy atom. The van der Waals surface area contributed by atoms with Crippen LogP contribution in [0.15, 0.2) is 29.2 Å². The molecule has 138 valence electrons. The van der Waals surface area contributed by atoms with Gasteiger partial charge in [-0.25, -0.2) is 8.42 Å². The number of anilines is 1. The molecular weight excluding hydrogens is 344 g/mol. The van der Waals surface area contributed by atoms with Gasteiger partial charge < -0.3 is 10.1 Å². The third-order valence-electron chi connectivity index (χ3n) is 4.30. The lowest BCUT2D eigenvalue weighted by molar-refractivity contribution is -0.148. The molecule has 1 aromatic rings. The number of amides is 1. The maximum absolute atomic E-state index is 12.4. The number of hydrogen-bond acceptors (Lipinski definition) is 5. The predicted molar refractivity (Wildman–Crippen MR) is 93.4 cm³/mol. The average Bonchev–Trinajstić information content (AvgIpc) is 3.29. The second kappa shape index (κ2) is 7.53. The van der Waals surface area contributed by atoms with Gasteiger partial charge in [-0.3, -0.25) is 9.59 Å². The molecule has 0 aliphatic heterocycles. The van der Waals surface area contributed by atoms with Gasteiger partial charge in [0, 0.05) is 18.8 Å². The number of carbonyl (C=O) groups is 2. The summed E-state index contributed by atoms with van der Waals surface area (Å²) in [7, 11) is -2.04. The number of rotatable bonds is 7. The second-order valence-electron chi connectivity index (χ2n) is 6.61. The molecule has 7 nitrogen and oxygen atoms in total. The van der Waals surface area contributed by atoms with Crippen LogP contribution in [0.3, 0.4) is 0 Å². The first-order valence-corrected chi connectivity index (χ1v) is 9.61. The number of nitrogens with one attached hydrogen (secondary N) is 1. The van der Waals surface area contributed by atoms with E-state index < -0.39 is 15.9 Å². The van der Waals surface area contributed by atoms with Gasteiger partial charge in [-0.15, -0.1) is 0 Å². The minimum atomic E-state index is -3.56. The van der Waals surface area contributed by atoms with Gasteiger partial charge in [-0.2, -0.15) is 4.31 Å². The normalized spacial score (nSPS) is 19.8. The standard InChI is InChI=1S/C17H24N2O5S/c1-11(2)19(4)25(22,23)14-7-5-13(6-8-14)18-16(20)10-24-17(21)15-9-12(15)3/h5-8,11-12,15H,9-10H2,1-4H3,(H,18,20)/t12-,15-/m1/s1. The van der Waals surface area contributed by atoms with Crippen molar-refractivity contribution in [3.63, 3.8) is 0 Å². The van der Waals surface area contributed by atoms with E-state index in [1.807, 2.05) is 6.92 Å². The summed E-state index contributed by atoms with van der Waals surface area (Å²) in [6.07, 6.45) is 0.807. The van der Waals surface area contributed by atoms with Gasteiger partial charge in [-0.1, -0.05) is 6.92 Å². The molecule has 0 aromatic heterocycles. The highest BCUT2D eigenvalue weighted by Gasteiger charge is 2.40. The fourth-order valence-electron chi connectivity index (χ4n) is 2.25. The minimum absolute atomic E-state index is 0.0877. The molecule has 0 heterocycles. The summed E-state index contributed by atoms with van der Waals surface area (Å²) in [5, 5.41) is 2.57. The molecule has 0 unspecified atom stereocenters. The van der Waals surface area contributed by atoms with Crippen molar-refractivity contribution in [2.75, 3.05) is 19.0 Å². The van der Waals surface area contributed by atoms with E-state index in [0.717, 1.165) is 6.42 Å². The van der Waals surface area contributed by atoms with Crippen LogP contribution in [0.1, 0.15) is 27.2 Å². The Labute approximate surface area is 148 Å². The molecule has 0 spiro atoms. The SMILES string of the molecule is CC(C)N(C)S(=O)(=O)c1ccc(NC(=O)COC(=O)[C@@H]2C[C@H]2C)cc1. The highest BCUT2D eigenvalue weighted by Crippen LogP contribution is 2.38. The Kier molecular flexibility index (Phi) is 5.84. The molecule has 2 rings (SSSR count). The molecular formula is C17H24N2O5S. The molecule has 1 amide bonds. The Balaban J connectivity index is 1.91. The van der Waals surface area contributed by atoms with E-state index in [0.29, 0.717) is 11.6 Å². The van der Waals surface area contributed by atoms with Crippen molar-refractivity contribution in [3.8, 4) is 0 Å². The van der Waals surface area contributed by atoms with E-state index in [1.165, 1.54) is 35.6 Å². The molecule has 8 heteroatoms. The zero-order valence-corrected chi connectivity index (χ0v) is 15.7. The van der Waals surface area contributed by atoms with Gasteiger partial charge in [0.2, 0.25) is 10.0 Å². The van der Waals surface area contributed by atoms with E-state index in [4.69, 9.17) is 4.74 Å². The molecule has 1 fully saturated rings. The van der Waals surface area contributed by atoms with Crippen LogP contribution in [0.2, 0.25) is 0 Å². The van der Waals surface area contributed by atoms with Crippen molar-refractivity contribution in [1.82, 2.24) is 4.31 Å². The third-order valence-corrected chi connectivity index (χ3v) is 6.35. The minimum Gasteiger partial charge on any atom is -0.455 e. The summed E-state index contributed by atoms with van der Waals surface area (Å²) in [6, 6.07) is 5.71. The highest BCUT2D eigenvalue weighted by atomic mass is 32.2. The van der Waals surface area contributed by atoms with E-state index in [-0.39, 0.29) is 29.4 Å². The number of sulfonamides is 1. The highest BCUT2D eigenvalue weighted by molar-refractivity contribution is 7.89. The summed E-state index contributed by atoms with van der Waals surface area (Å²) in [5.74, 6) is -0.568. The van der Waals surface area contributed by atoms with E-state index in [9.17, 15) is 18.0 Å². The number of carbonyl (C=O) groups excluding carboxylic acids is 2. The van der Waals surface area contributed by atoms with Gasteiger partial charge in [0.1, 0.15) is 0 Å². The van der Waals surface area contributed by atoms with Crippen LogP contribution in [-0.2, 0) is 24.3 Å². The van der Waals surface area contributed by atoms with Crippen LogP contribution in [0.4, 0.5) is 5.69 Å². The molecule has 1 N–H and O–H groups in total. The van der Waals surface area contributed by atoms with Gasteiger partial charge >= 0.3 is 5.97 Å². The quantitative estimate of drug-likeness (QED) is 0.742. The number of esters is 1. The molecule has 2 atom stereocenters. The van der Waals surface area contributed by atoms with Crippen molar-refractivity contribution < 1.29 is 22.7 Å². The zero-order chi connectivity index (χ0) is 18.8. The van der Waals surface area contributed by atoms with Crippen molar-refractivity contribution in [1.29, 1.82) is 0 Å². The molecule has 25 heavy (non-hydrogen) atoms. The summed E-state index contributed by atoms with van der Waals surface area (Å²) in [5.41, 5.74) is 0.437. The first-order valence-electron chi connectivity index (χ1n) is 8.17. The summed E-state index contributed by atoms with van der Waals surface area (Å²) < 4.78 is 31.0. The van der Waals surface area contributed by atoms with Crippen LogP contribution in [-0.4, -0.2) is 44.3 Å². The number of nitrogens with zero attached hydrogens (tertiary/aromatic N) is 1. The predicted octanol–water partition coefficient (Wildman–Crippen LogP) is 1.85. The van der Waals surface area contributed by atoms with Gasteiger partial charge in [-0.05, 0) is 50.5 Å². The van der Waals surface area contributed by atoms with Gasteiger partial charge in [0.05, 0.1) is 10.8 Å². The van der Waals surface area contributed by atoms with Crippen molar-refractivity contribution >= 4 is 27.6 Å². The van der Waals surface area contributed by atoms with Gasteiger partial charge in [0.25, 0.3) is 5.91 Å². The van der Waals surface area contributed by atoms with Crippen LogP contribution in [0, 0.1) is 11.8 Å². The summed E-state index contributed by atoms with van der Waals surface area (Å²) in [6.45, 7) is 5.18. The number of hydrogen-bond donors (Lipinski definition) is 1. The lowest BCUT2D eigenvalue weighted by Gasteiger charge is -2.21. The molecule has 1 aliphatic rings. The molecule has 0 saturated heterocycles. The first kappa shape index (κ1) is 19.4. The Morgan fingerprint density at radius 1 is 1.28 bits per heavy atom. The molecule has 1 aromatic carbocycles. The molecule has 0 bridgehead atoms. The Hall–Kier alpha value is -1.93. The average molecular weight is 368 g/mol. The van der Waals surface area contributed by atoms with Crippen LogP contribution >= 0.6 is 0 Å². The van der Waals surface area contributed by atoms with Crippen LogP contribution in [0.5, 0.6) is 0 Å². The summed E-state index contributed by atoms with van der Waals surface area (Å²) in [4.78, 5) is 23.5. The second-order valence-corrected chi connectivity index (χ2v) is 8.61. The van der Waals surface area contributed by atoms with E-state index in [2.05, 4.69) is 5.32 Å². The molecule has 0 radical (unpaired) electrons. The lowest BCUT2D eigenvalue weighted by atomic mass is 10.3. The fourth-order valence-corrected chi connectivity index (χ4v) is 3.61. The third kappa shape index (κ3) is 4.79. The van der Waals surface area contributed by atoms with Crippen molar-refractivity contribution in [2.45, 2.75) is 38.1 Å². The van der Waals surface area contributed by atoms with Crippen molar-refractivity contribution in [3.05, 3.63) is 24.3 Å². The fraction of sp³-hybridized carbons (Fsp3) is 0.529. The first-order chi connectivity index (χ1) is 11.6. The van der Waals surface area contributed by atoms with Crippen molar-refractivity contribution in [2.24, 2.45) is 11.8 Å². The largest absolute Gasteiger partial charge is 0.455 e. The van der Waals surface area contributed by atoms with Crippen LogP contribution < -0.4 is 5.32 Å². The molecule has 1 aliphatic carbocycles. The van der Waals surface area contributed by atoms with Gasteiger partial charge in [0.15, 0.2) is 6.61 Å². The maximum atomic E-state index is 12.4. The smallest absolute Gasteiger partial charge is 0.309 e. The van der Waals surface area contributed by atoms with E-state index in [1.54, 1.807) is 13.8 Å². The maximum Gasteiger partial charge on any atom is 0.309 e. The zero-order valence-electron chi connectivity index (χ0n) is 14.9. The Bertz CT molecular complexity index is 743. The number of benzene rings is 1. The topological polar surface area (TPSA) is 92.8 Å². The number of ether oxygens (including phenoxy) is 1. The monoisotopic (exact) mass is 368 g/mol. The summed E-state index contributed by atoms with van der Waals surface area (Å²) >= 11 is 0. The lowest BCUT2D eigenvalue weighted by Crippen LogP contribution is -2.33. The Morgan fingerprint density at radius 2 is 1.84 bits per heavy atom. The van der Waals surface area contributed by atoms with E-state index >= 15 is 0 Å².